The highest BCUT2D eigenvalue weighted by molar-refractivity contribution is 6.07. The lowest BCUT2D eigenvalue weighted by Crippen LogP contribution is -2.31. The molecular formula is C15H11N5O4. The molecule has 0 saturated heterocycles. The molecule has 0 aliphatic heterocycles. The van der Waals surface area contributed by atoms with E-state index in [9.17, 15) is 19.7 Å². The van der Waals surface area contributed by atoms with Crippen molar-refractivity contribution >= 4 is 28.2 Å². The molecule has 1 heterocycles. The highest BCUT2D eigenvalue weighted by Crippen LogP contribution is 2.19. The molecule has 0 spiro atoms. The van der Waals surface area contributed by atoms with Gasteiger partial charge in [0.2, 0.25) is 5.82 Å². The number of anilines is 1. The zero-order valence-corrected chi connectivity index (χ0v) is 12.1. The van der Waals surface area contributed by atoms with Crippen molar-refractivity contribution in [3.63, 3.8) is 0 Å². The lowest BCUT2D eigenvalue weighted by Gasteiger charge is -2.09. The molecule has 9 heteroatoms. The predicted octanol–water partition coefficient (Wildman–Crippen LogP) is 1.59. The molecule has 9 nitrogen and oxygen atoms in total. The van der Waals surface area contributed by atoms with Gasteiger partial charge in [-0.25, -0.2) is 4.98 Å². The van der Waals surface area contributed by atoms with E-state index in [4.69, 9.17) is 0 Å². The number of carbonyl (C=O) groups is 1. The molecule has 0 fully saturated rings. The number of hydrogen-bond acceptors (Lipinski definition) is 6. The zero-order valence-electron chi connectivity index (χ0n) is 12.1. The number of hydrazine groups is 1. The Morgan fingerprint density at radius 2 is 1.92 bits per heavy atom. The molecule has 0 saturated carbocycles. The molecule has 1 amide bonds. The van der Waals surface area contributed by atoms with Crippen molar-refractivity contribution in [3.8, 4) is 0 Å². The second kappa shape index (κ2) is 6.16. The molecule has 3 rings (SSSR count). The van der Waals surface area contributed by atoms with E-state index in [0.717, 1.165) is 17.1 Å². The fourth-order valence-electron chi connectivity index (χ4n) is 2.26. The number of H-pyrrole nitrogens is 1. The van der Waals surface area contributed by atoms with Crippen LogP contribution < -0.4 is 16.4 Å². The van der Waals surface area contributed by atoms with E-state index in [2.05, 4.69) is 20.8 Å². The summed E-state index contributed by atoms with van der Waals surface area (Å²) in [5.74, 6) is -0.861. The van der Waals surface area contributed by atoms with Crippen LogP contribution in [0, 0.1) is 10.1 Å². The van der Waals surface area contributed by atoms with E-state index in [0.29, 0.717) is 5.56 Å². The van der Waals surface area contributed by atoms with Gasteiger partial charge >= 0.3 is 11.2 Å². The minimum Gasteiger partial charge on any atom is -0.307 e. The van der Waals surface area contributed by atoms with E-state index in [1.807, 2.05) is 18.2 Å². The molecule has 0 bridgehead atoms. The Balaban J connectivity index is 1.88. The van der Waals surface area contributed by atoms with Crippen LogP contribution in [0.3, 0.4) is 0 Å². The van der Waals surface area contributed by atoms with Crippen molar-refractivity contribution in [2.45, 2.75) is 0 Å². The first-order valence-corrected chi connectivity index (χ1v) is 6.84. The van der Waals surface area contributed by atoms with Crippen molar-refractivity contribution in [2.24, 2.45) is 0 Å². The average molecular weight is 325 g/mol. The number of hydrogen-bond donors (Lipinski definition) is 3. The first kappa shape index (κ1) is 15.2. The Morgan fingerprint density at radius 3 is 2.71 bits per heavy atom. The molecule has 1 aromatic heterocycles. The fraction of sp³-hybridized carbons (Fsp3) is 0. The fourth-order valence-corrected chi connectivity index (χ4v) is 2.26. The van der Waals surface area contributed by atoms with Crippen LogP contribution in [-0.4, -0.2) is 20.8 Å². The molecule has 0 radical (unpaired) electrons. The summed E-state index contributed by atoms with van der Waals surface area (Å²) in [7, 11) is 0. The van der Waals surface area contributed by atoms with Gasteiger partial charge in [0.1, 0.15) is 0 Å². The van der Waals surface area contributed by atoms with Gasteiger partial charge < -0.3 is 4.98 Å². The summed E-state index contributed by atoms with van der Waals surface area (Å²) in [5, 5.41) is 12.5. The Kier molecular flexibility index (Phi) is 3.89. The lowest BCUT2D eigenvalue weighted by atomic mass is 10.0. The number of rotatable bonds is 4. The van der Waals surface area contributed by atoms with Gasteiger partial charge in [0.05, 0.1) is 11.3 Å². The van der Waals surface area contributed by atoms with Gasteiger partial charge in [0.25, 0.3) is 5.91 Å². The molecule has 3 N–H and O–H groups in total. The molecule has 2 aromatic carbocycles. The zero-order chi connectivity index (χ0) is 17.1. The summed E-state index contributed by atoms with van der Waals surface area (Å²) >= 11 is 0. The first-order chi connectivity index (χ1) is 11.6. The SMILES string of the molecule is O=C(NNc1nc[nH]c(=O)c1[N+](=O)[O-])c1cccc2ccccc12. The summed E-state index contributed by atoms with van der Waals surface area (Å²) in [5.41, 5.74) is 3.33. The minimum atomic E-state index is -0.920. The van der Waals surface area contributed by atoms with Gasteiger partial charge in [0.15, 0.2) is 0 Å². The molecule has 0 aliphatic rings. The molecule has 120 valence electrons. The third kappa shape index (κ3) is 2.77. The van der Waals surface area contributed by atoms with Gasteiger partial charge in [-0.3, -0.25) is 30.6 Å². The number of amides is 1. The topological polar surface area (TPSA) is 130 Å². The van der Waals surface area contributed by atoms with E-state index in [1.54, 1.807) is 24.3 Å². The van der Waals surface area contributed by atoms with Crippen LogP contribution in [0.5, 0.6) is 0 Å². The Hall–Kier alpha value is -3.75. The summed E-state index contributed by atoms with van der Waals surface area (Å²) in [6.07, 6.45) is 1.00. The summed E-state index contributed by atoms with van der Waals surface area (Å²) in [6.45, 7) is 0. The Bertz CT molecular complexity index is 993. The number of benzene rings is 2. The van der Waals surface area contributed by atoms with E-state index >= 15 is 0 Å². The standard InChI is InChI=1S/C15H11N5O4/c21-14(11-7-3-5-9-4-1-2-6-10(9)11)19-18-13-12(20(23)24)15(22)17-8-16-13/h1-8H,(H,19,21)(H2,16,17,18,22). The number of nitrogens with one attached hydrogen (secondary N) is 3. The molecular weight excluding hydrogens is 314 g/mol. The third-order valence-corrected chi connectivity index (χ3v) is 3.34. The Labute approximate surface area is 134 Å². The van der Waals surface area contributed by atoms with Crippen LogP contribution in [0.25, 0.3) is 10.8 Å². The molecule has 0 atom stereocenters. The van der Waals surface area contributed by atoms with E-state index < -0.39 is 22.1 Å². The van der Waals surface area contributed by atoms with Gasteiger partial charge in [-0.15, -0.1) is 0 Å². The highest BCUT2D eigenvalue weighted by Gasteiger charge is 2.21. The number of aromatic amines is 1. The second-order valence-electron chi connectivity index (χ2n) is 4.79. The largest absolute Gasteiger partial charge is 0.377 e. The average Bonchev–Trinajstić information content (AvgIpc) is 2.58. The third-order valence-electron chi connectivity index (χ3n) is 3.34. The smallest absolute Gasteiger partial charge is 0.307 e. The van der Waals surface area contributed by atoms with Crippen LogP contribution in [0.15, 0.2) is 53.6 Å². The van der Waals surface area contributed by atoms with Crippen LogP contribution >= 0.6 is 0 Å². The van der Waals surface area contributed by atoms with Crippen LogP contribution in [-0.2, 0) is 0 Å². The molecule has 3 aromatic rings. The van der Waals surface area contributed by atoms with Crippen LogP contribution in [0.2, 0.25) is 0 Å². The summed E-state index contributed by atoms with van der Waals surface area (Å²) in [6, 6.07) is 12.5. The number of aromatic nitrogens is 2. The normalized spacial score (nSPS) is 10.3. The quantitative estimate of drug-likeness (QED) is 0.493. The van der Waals surface area contributed by atoms with Gasteiger partial charge in [0, 0.05) is 5.56 Å². The predicted molar refractivity (Wildman–Crippen MR) is 86.5 cm³/mol. The lowest BCUT2D eigenvalue weighted by molar-refractivity contribution is -0.385. The Morgan fingerprint density at radius 1 is 1.17 bits per heavy atom. The second-order valence-corrected chi connectivity index (χ2v) is 4.79. The number of nitrogens with zero attached hydrogens (tertiary/aromatic N) is 2. The van der Waals surface area contributed by atoms with Crippen molar-refractivity contribution < 1.29 is 9.72 Å². The van der Waals surface area contributed by atoms with Gasteiger partial charge in [-0.1, -0.05) is 36.4 Å². The van der Waals surface area contributed by atoms with Gasteiger partial charge in [-0.2, -0.15) is 0 Å². The monoisotopic (exact) mass is 325 g/mol. The number of carbonyl (C=O) groups excluding carboxylic acids is 1. The maximum Gasteiger partial charge on any atom is 0.377 e. The van der Waals surface area contributed by atoms with Crippen LogP contribution in [0.4, 0.5) is 11.5 Å². The first-order valence-electron chi connectivity index (χ1n) is 6.84. The minimum absolute atomic E-state index is 0.350. The molecule has 0 unspecified atom stereocenters. The number of fused-ring (bicyclic) bond motifs is 1. The highest BCUT2D eigenvalue weighted by atomic mass is 16.6. The van der Waals surface area contributed by atoms with E-state index in [1.165, 1.54) is 0 Å². The van der Waals surface area contributed by atoms with Crippen molar-refractivity contribution in [3.05, 3.63) is 74.8 Å². The maximum absolute atomic E-state index is 12.3. The maximum atomic E-state index is 12.3. The van der Waals surface area contributed by atoms with E-state index in [-0.39, 0.29) is 5.82 Å². The number of nitro groups is 1. The summed E-state index contributed by atoms with van der Waals surface area (Å²) in [4.78, 5) is 39.6. The summed E-state index contributed by atoms with van der Waals surface area (Å²) < 4.78 is 0. The van der Waals surface area contributed by atoms with Crippen molar-refractivity contribution in [2.75, 3.05) is 5.43 Å². The van der Waals surface area contributed by atoms with Crippen LogP contribution in [0.1, 0.15) is 10.4 Å². The molecule has 0 aliphatic carbocycles. The van der Waals surface area contributed by atoms with Gasteiger partial charge in [-0.05, 0) is 16.8 Å². The molecule has 24 heavy (non-hydrogen) atoms. The van der Waals surface area contributed by atoms with Crippen molar-refractivity contribution in [1.29, 1.82) is 0 Å². The van der Waals surface area contributed by atoms with Crippen molar-refractivity contribution in [1.82, 2.24) is 15.4 Å².